The molecule has 1 aromatic carbocycles. The maximum absolute atomic E-state index is 12.4. The molecule has 1 atom stereocenters. The Kier molecular flexibility index (Phi) is 4.96. The highest BCUT2D eigenvalue weighted by molar-refractivity contribution is 6.18. The van der Waals surface area contributed by atoms with Crippen molar-refractivity contribution in [3.63, 3.8) is 0 Å². The molecule has 19 heavy (non-hydrogen) atoms. The minimum absolute atomic E-state index is 0.158. The molecule has 5 nitrogen and oxygen atoms in total. The fraction of sp³-hybridized carbons (Fsp3) is 0.400. The number of aliphatic hydroxyl groups excluding tert-OH is 1. The second-order valence-electron chi connectivity index (χ2n) is 3.56. The normalized spacial score (nSPS) is 13.1. The number of aliphatic hydroxyl groups is 1. The number of hydrogen-bond donors (Lipinski definition) is 1. The van der Waals surface area contributed by atoms with Crippen molar-refractivity contribution < 1.29 is 27.9 Å². The number of ether oxygens (including phenoxy) is 1. The molecule has 1 N–H and O–H groups in total. The van der Waals surface area contributed by atoms with Gasteiger partial charge in [0.1, 0.15) is 12.7 Å². The average Bonchev–Trinajstić information content (AvgIpc) is 2.34. The summed E-state index contributed by atoms with van der Waals surface area (Å²) in [6.07, 6.45) is -5.75. The summed E-state index contributed by atoms with van der Waals surface area (Å²) in [7, 11) is 0. The lowest BCUT2D eigenvalue weighted by molar-refractivity contribution is -0.386. The number of rotatable bonds is 5. The van der Waals surface area contributed by atoms with Crippen molar-refractivity contribution in [2.45, 2.75) is 12.3 Å². The van der Waals surface area contributed by atoms with Gasteiger partial charge in [0.15, 0.2) is 5.75 Å². The van der Waals surface area contributed by atoms with E-state index in [-0.39, 0.29) is 18.2 Å². The molecule has 1 unspecified atom stereocenters. The summed E-state index contributed by atoms with van der Waals surface area (Å²) in [4.78, 5) is 9.70. The van der Waals surface area contributed by atoms with E-state index >= 15 is 0 Å². The maximum atomic E-state index is 12.4. The van der Waals surface area contributed by atoms with Gasteiger partial charge in [-0.05, 0) is 12.1 Å². The van der Waals surface area contributed by atoms with Gasteiger partial charge in [-0.25, -0.2) is 0 Å². The summed E-state index contributed by atoms with van der Waals surface area (Å²) in [6, 6.07) is 1.87. The Hall–Kier alpha value is -1.54. The van der Waals surface area contributed by atoms with E-state index in [0.29, 0.717) is 12.1 Å². The molecule has 0 aliphatic rings. The van der Waals surface area contributed by atoms with Crippen LogP contribution in [0.1, 0.15) is 5.56 Å². The van der Waals surface area contributed by atoms with E-state index < -0.39 is 28.5 Å². The lowest BCUT2D eigenvalue weighted by atomic mass is 10.2. The number of alkyl halides is 4. The zero-order valence-electron chi connectivity index (χ0n) is 9.35. The van der Waals surface area contributed by atoms with Crippen LogP contribution in [0.2, 0.25) is 0 Å². The quantitative estimate of drug-likeness (QED) is 0.515. The molecule has 0 bridgehead atoms. The second kappa shape index (κ2) is 6.07. The van der Waals surface area contributed by atoms with Gasteiger partial charge in [0, 0.05) is 6.07 Å². The van der Waals surface area contributed by atoms with Gasteiger partial charge in [-0.1, -0.05) is 0 Å². The molecule has 9 heteroatoms. The Bertz CT molecular complexity index is 467. The van der Waals surface area contributed by atoms with Crippen LogP contribution in [0.4, 0.5) is 18.9 Å². The minimum Gasteiger partial charge on any atom is -0.484 e. The third kappa shape index (κ3) is 4.25. The predicted molar refractivity (Wildman–Crippen MR) is 60.3 cm³/mol. The standard InChI is InChI=1S/C10H9ClF3NO4/c11-4-7(16)5-19-9-2-1-6(10(12,13)14)3-8(9)15(17)18/h1-3,7,16H,4-5H2. The Balaban J connectivity index is 3.02. The molecule has 0 spiro atoms. The number of hydrogen-bond acceptors (Lipinski definition) is 4. The first-order valence-corrected chi connectivity index (χ1v) is 5.51. The second-order valence-corrected chi connectivity index (χ2v) is 3.87. The summed E-state index contributed by atoms with van der Waals surface area (Å²) in [5, 5.41) is 19.8. The average molecular weight is 300 g/mol. The van der Waals surface area contributed by atoms with E-state index in [1.54, 1.807) is 0 Å². The van der Waals surface area contributed by atoms with Crippen LogP contribution in [0.15, 0.2) is 18.2 Å². The fourth-order valence-electron chi connectivity index (χ4n) is 1.19. The summed E-state index contributed by atoms with van der Waals surface area (Å²) in [5.74, 6) is -0.517. The van der Waals surface area contributed by atoms with Gasteiger partial charge in [0.2, 0.25) is 0 Å². The van der Waals surface area contributed by atoms with Gasteiger partial charge < -0.3 is 9.84 Å². The molecule has 0 aromatic heterocycles. The third-order valence-corrected chi connectivity index (χ3v) is 2.45. The van der Waals surface area contributed by atoms with Crippen molar-refractivity contribution in [1.82, 2.24) is 0 Å². The molecule has 106 valence electrons. The molecule has 0 heterocycles. The predicted octanol–water partition coefficient (Wildman–Crippen LogP) is 2.59. The van der Waals surface area contributed by atoms with Gasteiger partial charge in [-0.15, -0.1) is 11.6 Å². The molecule has 0 aliphatic heterocycles. The highest BCUT2D eigenvalue weighted by Gasteiger charge is 2.33. The van der Waals surface area contributed by atoms with E-state index in [4.69, 9.17) is 21.4 Å². The molecule has 0 amide bonds. The molecule has 0 saturated heterocycles. The largest absolute Gasteiger partial charge is 0.484 e. The first kappa shape index (κ1) is 15.5. The first-order valence-electron chi connectivity index (χ1n) is 4.98. The van der Waals surface area contributed by atoms with Crippen LogP contribution in [0.5, 0.6) is 5.75 Å². The Morgan fingerprint density at radius 1 is 1.47 bits per heavy atom. The highest BCUT2D eigenvalue weighted by Crippen LogP contribution is 2.36. The molecular formula is C10H9ClF3NO4. The number of nitro benzene ring substituents is 1. The van der Waals surface area contributed by atoms with Crippen LogP contribution in [-0.4, -0.2) is 28.6 Å². The smallest absolute Gasteiger partial charge is 0.416 e. The third-order valence-electron chi connectivity index (χ3n) is 2.09. The zero-order valence-corrected chi connectivity index (χ0v) is 10.1. The molecule has 1 rings (SSSR count). The van der Waals surface area contributed by atoms with Crippen LogP contribution < -0.4 is 4.74 Å². The van der Waals surface area contributed by atoms with E-state index in [2.05, 4.69) is 0 Å². The molecule has 0 saturated carbocycles. The van der Waals surface area contributed by atoms with E-state index in [9.17, 15) is 23.3 Å². The van der Waals surface area contributed by atoms with E-state index in [0.717, 1.165) is 6.07 Å². The SMILES string of the molecule is O=[N+]([O-])c1cc(C(F)(F)F)ccc1OCC(O)CCl. The molecule has 0 fully saturated rings. The van der Waals surface area contributed by atoms with Crippen molar-refractivity contribution >= 4 is 17.3 Å². The van der Waals surface area contributed by atoms with Crippen LogP contribution in [-0.2, 0) is 6.18 Å². The van der Waals surface area contributed by atoms with Crippen LogP contribution in [0.3, 0.4) is 0 Å². The number of benzene rings is 1. The topological polar surface area (TPSA) is 72.6 Å². The van der Waals surface area contributed by atoms with Gasteiger partial charge in [0.05, 0.1) is 16.4 Å². The van der Waals surface area contributed by atoms with Gasteiger partial charge >= 0.3 is 11.9 Å². The lowest BCUT2D eigenvalue weighted by Gasteiger charge is -2.11. The molecular weight excluding hydrogens is 291 g/mol. The highest BCUT2D eigenvalue weighted by atomic mass is 35.5. The van der Waals surface area contributed by atoms with Crippen molar-refractivity contribution in [1.29, 1.82) is 0 Å². The van der Waals surface area contributed by atoms with Crippen molar-refractivity contribution in [2.75, 3.05) is 12.5 Å². The molecule has 1 aromatic rings. The Labute approximate surface area is 110 Å². The molecule has 0 aliphatic carbocycles. The van der Waals surface area contributed by atoms with Crippen molar-refractivity contribution in [3.8, 4) is 5.75 Å². The Morgan fingerprint density at radius 3 is 2.58 bits per heavy atom. The van der Waals surface area contributed by atoms with Crippen LogP contribution in [0, 0.1) is 10.1 Å². The van der Waals surface area contributed by atoms with E-state index in [1.165, 1.54) is 0 Å². The van der Waals surface area contributed by atoms with Crippen molar-refractivity contribution in [2.24, 2.45) is 0 Å². The zero-order chi connectivity index (χ0) is 14.6. The fourth-order valence-corrected chi connectivity index (χ4v) is 1.28. The van der Waals surface area contributed by atoms with Gasteiger partial charge in [-0.2, -0.15) is 13.2 Å². The number of nitro groups is 1. The van der Waals surface area contributed by atoms with E-state index in [1.807, 2.05) is 0 Å². The summed E-state index contributed by atoms with van der Waals surface area (Å²) < 4.78 is 42.1. The minimum atomic E-state index is -4.68. The summed E-state index contributed by atoms with van der Waals surface area (Å²) in [5.41, 5.74) is -1.97. The van der Waals surface area contributed by atoms with Crippen LogP contribution in [0.25, 0.3) is 0 Å². The summed E-state index contributed by atoms with van der Waals surface area (Å²) in [6.45, 7) is -0.351. The van der Waals surface area contributed by atoms with Crippen LogP contribution >= 0.6 is 11.6 Å². The maximum Gasteiger partial charge on any atom is 0.416 e. The first-order chi connectivity index (χ1) is 8.75. The molecule has 0 radical (unpaired) electrons. The monoisotopic (exact) mass is 299 g/mol. The number of halogens is 4. The van der Waals surface area contributed by atoms with Gasteiger partial charge in [-0.3, -0.25) is 10.1 Å². The number of nitrogens with zero attached hydrogens (tertiary/aromatic N) is 1. The lowest BCUT2D eigenvalue weighted by Crippen LogP contribution is -2.19. The van der Waals surface area contributed by atoms with Gasteiger partial charge in [0.25, 0.3) is 0 Å². The van der Waals surface area contributed by atoms with Crippen molar-refractivity contribution in [3.05, 3.63) is 33.9 Å². The Morgan fingerprint density at radius 2 is 2.11 bits per heavy atom. The summed E-state index contributed by atoms with van der Waals surface area (Å²) >= 11 is 5.29.